The third kappa shape index (κ3) is 3.48. The second-order valence-electron chi connectivity index (χ2n) is 7.51. The highest BCUT2D eigenvalue weighted by molar-refractivity contribution is 5.87. The molecule has 0 saturated carbocycles. The Hall–Kier alpha value is -2.11. The molecule has 1 fully saturated rings. The third-order valence-corrected chi connectivity index (χ3v) is 5.63. The summed E-state index contributed by atoms with van der Waals surface area (Å²) in [6.07, 6.45) is 1.84. The maximum absolute atomic E-state index is 13.1. The topological polar surface area (TPSA) is 71.4 Å². The summed E-state index contributed by atoms with van der Waals surface area (Å²) in [6.45, 7) is 7.42. The highest BCUT2D eigenvalue weighted by atomic mass is 16.2. The standard InChI is InChI=1S/C19H27N3O3/c1-4-12(2)18(20-13(3)23)19(25)21-9-14-8-15(11-21)16-6-5-7-17(24)22(16)10-14/h5-7,12,14-15,18H,4,8-11H2,1-3H3,(H,20,23)/t12-,14-,15+,18-/m0/s1. The molecule has 0 aliphatic carbocycles. The summed E-state index contributed by atoms with van der Waals surface area (Å²) in [5, 5.41) is 2.84. The maximum atomic E-state index is 13.1. The second kappa shape index (κ2) is 7.02. The highest BCUT2D eigenvalue weighted by Gasteiger charge is 2.39. The number of carbonyl (C=O) groups is 2. The molecule has 136 valence electrons. The van der Waals surface area contributed by atoms with Crippen molar-refractivity contribution in [2.45, 2.75) is 52.1 Å². The van der Waals surface area contributed by atoms with Gasteiger partial charge in [0.25, 0.3) is 5.56 Å². The lowest BCUT2D eigenvalue weighted by Crippen LogP contribution is -2.56. The quantitative estimate of drug-likeness (QED) is 0.895. The van der Waals surface area contributed by atoms with Crippen molar-refractivity contribution in [1.82, 2.24) is 14.8 Å². The van der Waals surface area contributed by atoms with Gasteiger partial charge in [-0.3, -0.25) is 14.4 Å². The molecule has 0 unspecified atom stereocenters. The van der Waals surface area contributed by atoms with Crippen molar-refractivity contribution in [2.24, 2.45) is 11.8 Å². The largest absolute Gasteiger partial charge is 0.344 e. The van der Waals surface area contributed by atoms with Crippen LogP contribution in [-0.2, 0) is 16.1 Å². The first-order valence-corrected chi connectivity index (χ1v) is 9.16. The van der Waals surface area contributed by atoms with Gasteiger partial charge in [0.05, 0.1) is 0 Å². The monoisotopic (exact) mass is 345 g/mol. The van der Waals surface area contributed by atoms with Gasteiger partial charge < -0.3 is 14.8 Å². The number of carbonyl (C=O) groups excluding carboxylic acids is 2. The van der Waals surface area contributed by atoms with Crippen LogP contribution in [0.25, 0.3) is 0 Å². The first-order chi connectivity index (χ1) is 11.9. The fourth-order valence-corrected chi connectivity index (χ4v) is 4.18. The van der Waals surface area contributed by atoms with Crippen LogP contribution in [0.4, 0.5) is 0 Å². The van der Waals surface area contributed by atoms with Crippen LogP contribution in [-0.4, -0.2) is 40.4 Å². The lowest BCUT2D eigenvalue weighted by atomic mass is 9.82. The zero-order chi connectivity index (χ0) is 18.1. The van der Waals surface area contributed by atoms with Crippen molar-refractivity contribution < 1.29 is 9.59 Å². The summed E-state index contributed by atoms with van der Waals surface area (Å²) in [6, 6.07) is 4.92. The van der Waals surface area contributed by atoms with Gasteiger partial charge in [0.1, 0.15) is 6.04 Å². The summed E-state index contributed by atoms with van der Waals surface area (Å²) in [5.74, 6) is 0.414. The number of piperidine rings is 1. The van der Waals surface area contributed by atoms with E-state index in [1.54, 1.807) is 12.1 Å². The summed E-state index contributed by atoms with van der Waals surface area (Å²) in [4.78, 5) is 38.6. The number of nitrogens with zero attached hydrogens (tertiary/aromatic N) is 2. The van der Waals surface area contributed by atoms with Gasteiger partial charge in [-0.2, -0.15) is 0 Å². The van der Waals surface area contributed by atoms with E-state index in [4.69, 9.17) is 0 Å². The van der Waals surface area contributed by atoms with E-state index in [0.29, 0.717) is 25.6 Å². The van der Waals surface area contributed by atoms with Gasteiger partial charge in [0.15, 0.2) is 0 Å². The minimum atomic E-state index is -0.473. The minimum absolute atomic E-state index is 0.00554. The van der Waals surface area contributed by atoms with Crippen LogP contribution in [0.2, 0.25) is 0 Å². The Bertz CT molecular complexity index is 727. The Morgan fingerprint density at radius 1 is 1.28 bits per heavy atom. The fourth-order valence-electron chi connectivity index (χ4n) is 4.18. The van der Waals surface area contributed by atoms with Crippen molar-refractivity contribution in [3.63, 3.8) is 0 Å². The Morgan fingerprint density at radius 2 is 2.04 bits per heavy atom. The molecule has 2 aliphatic rings. The average Bonchev–Trinajstić information content (AvgIpc) is 2.59. The molecule has 2 amide bonds. The number of pyridine rings is 1. The molecule has 0 spiro atoms. The lowest BCUT2D eigenvalue weighted by Gasteiger charge is -2.44. The molecule has 1 aromatic rings. The molecular weight excluding hydrogens is 318 g/mol. The zero-order valence-corrected chi connectivity index (χ0v) is 15.2. The Morgan fingerprint density at radius 3 is 2.72 bits per heavy atom. The molecular formula is C19H27N3O3. The van der Waals surface area contributed by atoms with E-state index in [-0.39, 0.29) is 29.2 Å². The first kappa shape index (κ1) is 17.7. The van der Waals surface area contributed by atoms with E-state index >= 15 is 0 Å². The summed E-state index contributed by atoms with van der Waals surface area (Å²) >= 11 is 0. The molecule has 3 heterocycles. The van der Waals surface area contributed by atoms with Crippen molar-refractivity contribution >= 4 is 11.8 Å². The van der Waals surface area contributed by atoms with Crippen LogP contribution in [0.15, 0.2) is 23.0 Å². The number of amides is 2. The van der Waals surface area contributed by atoms with Crippen LogP contribution in [0.1, 0.15) is 45.2 Å². The highest BCUT2D eigenvalue weighted by Crippen LogP contribution is 2.35. The van der Waals surface area contributed by atoms with E-state index in [9.17, 15) is 14.4 Å². The summed E-state index contributed by atoms with van der Waals surface area (Å²) in [5.41, 5.74) is 1.07. The number of fused-ring (bicyclic) bond motifs is 4. The van der Waals surface area contributed by atoms with Crippen LogP contribution in [0, 0.1) is 11.8 Å². The number of hydrogen-bond acceptors (Lipinski definition) is 3. The SMILES string of the molecule is CC[C@H](C)[C@H](NC(C)=O)C(=O)N1C[C@@H]2C[C@H](C1)c1cccc(=O)n1C2. The number of rotatable bonds is 4. The normalized spacial score (nSPS) is 24.2. The predicted molar refractivity (Wildman–Crippen MR) is 95.2 cm³/mol. The molecule has 0 aromatic carbocycles. The van der Waals surface area contributed by atoms with Crippen molar-refractivity contribution in [3.05, 3.63) is 34.2 Å². The summed E-state index contributed by atoms with van der Waals surface area (Å²) in [7, 11) is 0. The molecule has 2 bridgehead atoms. The number of hydrogen-bond donors (Lipinski definition) is 1. The Balaban J connectivity index is 1.82. The lowest BCUT2D eigenvalue weighted by molar-refractivity contribution is -0.140. The molecule has 1 aromatic heterocycles. The van der Waals surface area contributed by atoms with E-state index in [1.165, 1.54) is 6.92 Å². The van der Waals surface area contributed by atoms with Crippen molar-refractivity contribution in [1.29, 1.82) is 0 Å². The van der Waals surface area contributed by atoms with Crippen LogP contribution >= 0.6 is 0 Å². The number of likely N-dealkylation sites (tertiary alicyclic amines) is 1. The maximum Gasteiger partial charge on any atom is 0.250 e. The molecule has 6 heteroatoms. The van der Waals surface area contributed by atoms with Crippen LogP contribution < -0.4 is 10.9 Å². The first-order valence-electron chi connectivity index (χ1n) is 9.16. The molecule has 1 saturated heterocycles. The molecule has 25 heavy (non-hydrogen) atoms. The minimum Gasteiger partial charge on any atom is -0.344 e. The van der Waals surface area contributed by atoms with Crippen LogP contribution in [0.5, 0.6) is 0 Å². The summed E-state index contributed by atoms with van der Waals surface area (Å²) < 4.78 is 1.86. The van der Waals surface area contributed by atoms with E-state index in [0.717, 1.165) is 18.5 Å². The Labute approximate surface area is 148 Å². The fraction of sp³-hybridized carbons (Fsp3) is 0.632. The molecule has 0 radical (unpaired) electrons. The smallest absolute Gasteiger partial charge is 0.250 e. The predicted octanol–water partition coefficient (Wildman–Crippen LogP) is 1.34. The van der Waals surface area contributed by atoms with Crippen molar-refractivity contribution in [2.75, 3.05) is 13.1 Å². The average molecular weight is 345 g/mol. The van der Waals surface area contributed by atoms with Gasteiger partial charge in [0, 0.05) is 44.2 Å². The second-order valence-corrected chi connectivity index (χ2v) is 7.51. The van der Waals surface area contributed by atoms with E-state index in [1.807, 2.05) is 29.4 Å². The molecule has 3 rings (SSSR count). The van der Waals surface area contributed by atoms with E-state index in [2.05, 4.69) is 5.32 Å². The zero-order valence-electron chi connectivity index (χ0n) is 15.2. The van der Waals surface area contributed by atoms with E-state index < -0.39 is 6.04 Å². The Kier molecular flexibility index (Phi) is 4.97. The molecule has 2 aliphatic heterocycles. The van der Waals surface area contributed by atoms with Gasteiger partial charge in [-0.1, -0.05) is 26.3 Å². The number of nitrogens with one attached hydrogen (secondary N) is 1. The van der Waals surface area contributed by atoms with Gasteiger partial charge >= 0.3 is 0 Å². The van der Waals surface area contributed by atoms with Gasteiger partial charge in [0.2, 0.25) is 11.8 Å². The third-order valence-electron chi connectivity index (χ3n) is 5.63. The van der Waals surface area contributed by atoms with Gasteiger partial charge in [-0.15, -0.1) is 0 Å². The van der Waals surface area contributed by atoms with Crippen LogP contribution in [0.3, 0.4) is 0 Å². The van der Waals surface area contributed by atoms with Gasteiger partial charge in [-0.05, 0) is 24.3 Å². The molecule has 1 N–H and O–H groups in total. The van der Waals surface area contributed by atoms with Crippen molar-refractivity contribution in [3.8, 4) is 0 Å². The molecule has 4 atom stereocenters. The van der Waals surface area contributed by atoms with Gasteiger partial charge in [-0.25, -0.2) is 0 Å². The number of aromatic nitrogens is 1. The molecule has 6 nitrogen and oxygen atoms in total.